The first-order valence-corrected chi connectivity index (χ1v) is 6.58. The quantitative estimate of drug-likeness (QED) is 0.735. The Hall–Kier alpha value is -1.72. The number of hydrogen-bond donors (Lipinski definition) is 1. The van der Waals surface area contributed by atoms with Gasteiger partial charge in [-0.2, -0.15) is 0 Å². The molecule has 0 aliphatic heterocycles. The second kappa shape index (κ2) is 4.75. The van der Waals surface area contributed by atoms with Crippen molar-refractivity contribution in [2.75, 3.05) is 0 Å². The lowest BCUT2D eigenvalue weighted by Gasteiger charge is -2.04. The van der Waals surface area contributed by atoms with Crippen LogP contribution in [0.2, 0.25) is 5.02 Å². The standard InChI is InChI=1S/C13H11ClN4S/c1-8-5-16-10(6-15-8)7-18-12-4-9(14)2-3-11(12)17-13(18)19/h2-6H,7H2,1H3,(H,17,19). The number of nitrogens with one attached hydrogen (secondary N) is 1. The first-order valence-electron chi connectivity index (χ1n) is 5.79. The summed E-state index contributed by atoms with van der Waals surface area (Å²) >= 11 is 11.4. The lowest BCUT2D eigenvalue weighted by Crippen LogP contribution is -2.02. The first kappa shape index (κ1) is 12.3. The smallest absolute Gasteiger partial charge is 0.178 e. The molecule has 4 nitrogen and oxygen atoms in total. The summed E-state index contributed by atoms with van der Waals surface area (Å²) in [4.78, 5) is 11.7. The molecule has 1 aromatic carbocycles. The van der Waals surface area contributed by atoms with Crippen LogP contribution in [0.3, 0.4) is 0 Å². The summed E-state index contributed by atoms with van der Waals surface area (Å²) in [5, 5.41) is 0.685. The molecule has 0 atom stereocenters. The zero-order valence-electron chi connectivity index (χ0n) is 10.2. The highest BCUT2D eigenvalue weighted by atomic mass is 35.5. The molecule has 0 saturated carbocycles. The topological polar surface area (TPSA) is 46.5 Å². The van der Waals surface area contributed by atoms with E-state index in [-0.39, 0.29) is 0 Å². The van der Waals surface area contributed by atoms with Crippen LogP contribution in [0.15, 0.2) is 30.6 Å². The molecule has 0 amide bonds. The SMILES string of the molecule is Cc1cnc(Cn2c(=S)[nH]c3ccc(Cl)cc32)cn1. The predicted octanol–water partition coefficient (Wildman–Crippen LogP) is 3.50. The van der Waals surface area contributed by atoms with Crippen molar-refractivity contribution >= 4 is 34.9 Å². The van der Waals surface area contributed by atoms with Crippen LogP contribution in [0.1, 0.15) is 11.4 Å². The van der Waals surface area contributed by atoms with Gasteiger partial charge in [0.1, 0.15) is 0 Å². The number of nitrogens with zero attached hydrogens (tertiary/aromatic N) is 3. The van der Waals surface area contributed by atoms with Crippen LogP contribution >= 0.6 is 23.8 Å². The highest BCUT2D eigenvalue weighted by Gasteiger charge is 2.06. The number of hydrogen-bond acceptors (Lipinski definition) is 3. The molecule has 3 aromatic rings. The molecule has 1 N–H and O–H groups in total. The molecular weight excluding hydrogens is 280 g/mol. The number of H-pyrrole nitrogens is 1. The minimum Gasteiger partial charge on any atom is -0.331 e. The maximum absolute atomic E-state index is 6.03. The van der Waals surface area contributed by atoms with Crippen molar-refractivity contribution < 1.29 is 0 Å². The number of aryl methyl sites for hydroxylation is 1. The van der Waals surface area contributed by atoms with Crippen LogP contribution < -0.4 is 0 Å². The van der Waals surface area contributed by atoms with Gasteiger partial charge in [-0.3, -0.25) is 9.97 Å². The van der Waals surface area contributed by atoms with Gasteiger partial charge in [0.2, 0.25) is 0 Å². The Morgan fingerprint density at radius 3 is 2.89 bits per heavy atom. The van der Waals surface area contributed by atoms with Crippen molar-refractivity contribution in [1.29, 1.82) is 0 Å². The number of imidazole rings is 1. The molecular formula is C13H11ClN4S. The second-order valence-corrected chi connectivity index (χ2v) is 5.15. The molecule has 0 fully saturated rings. The van der Waals surface area contributed by atoms with Gasteiger partial charge in [-0.25, -0.2) is 0 Å². The van der Waals surface area contributed by atoms with E-state index in [9.17, 15) is 0 Å². The Morgan fingerprint density at radius 2 is 2.16 bits per heavy atom. The molecule has 2 heterocycles. The van der Waals surface area contributed by atoms with E-state index in [1.807, 2.05) is 29.7 Å². The molecule has 19 heavy (non-hydrogen) atoms. The molecule has 0 radical (unpaired) electrons. The van der Waals surface area contributed by atoms with E-state index in [1.165, 1.54) is 0 Å². The third-order valence-corrected chi connectivity index (χ3v) is 3.45. The van der Waals surface area contributed by atoms with Gasteiger partial charge in [0, 0.05) is 11.2 Å². The van der Waals surface area contributed by atoms with Crippen molar-refractivity contribution in [2.24, 2.45) is 0 Å². The molecule has 2 aromatic heterocycles. The van der Waals surface area contributed by atoms with Crippen LogP contribution in [0.5, 0.6) is 0 Å². The fourth-order valence-electron chi connectivity index (χ4n) is 1.95. The lowest BCUT2D eigenvalue weighted by atomic mass is 10.3. The number of fused-ring (bicyclic) bond motifs is 1. The Labute approximate surface area is 120 Å². The molecule has 0 spiro atoms. The number of rotatable bonds is 2. The third-order valence-electron chi connectivity index (χ3n) is 2.89. The average molecular weight is 291 g/mol. The summed E-state index contributed by atoms with van der Waals surface area (Å²) in [6.07, 6.45) is 3.52. The van der Waals surface area contributed by atoms with E-state index in [0.717, 1.165) is 22.4 Å². The molecule has 0 unspecified atom stereocenters. The van der Waals surface area contributed by atoms with Crippen LogP contribution in [-0.2, 0) is 6.54 Å². The molecule has 6 heteroatoms. The van der Waals surface area contributed by atoms with E-state index >= 15 is 0 Å². The Balaban J connectivity index is 2.09. The predicted molar refractivity (Wildman–Crippen MR) is 78.0 cm³/mol. The average Bonchev–Trinajstić information content (AvgIpc) is 2.69. The van der Waals surface area contributed by atoms with Crippen molar-refractivity contribution in [3.63, 3.8) is 0 Å². The van der Waals surface area contributed by atoms with E-state index in [0.29, 0.717) is 16.3 Å². The van der Waals surface area contributed by atoms with Crippen molar-refractivity contribution in [3.05, 3.63) is 51.8 Å². The molecule has 0 aliphatic carbocycles. The van der Waals surface area contributed by atoms with Gasteiger partial charge in [-0.1, -0.05) is 11.6 Å². The fourth-order valence-corrected chi connectivity index (χ4v) is 2.39. The van der Waals surface area contributed by atoms with Crippen LogP contribution in [0.4, 0.5) is 0 Å². The number of aromatic nitrogens is 4. The number of halogens is 1. The van der Waals surface area contributed by atoms with Crippen LogP contribution in [0.25, 0.3) is 11.0 Å². The Kier molecular flexibility index (Phi) is 3.08. The van der Waals surface area contributed by atoms with Crippen molar-refractivity contribution in [3.8, 4) is 0 Å². The zero-order valence-corrected chi connectivity index (χ0v) is 11.8. The number of benzene rings is 1. The Morgan fingerprint density at radius 1 is 1.32 bits per heavy atom. The maximum Gasteiger partial charge on any atom is 0.178 e. The van der Waals surface area contributed by atoms with Gasteiger partial charge in [-0.05, 0) is 37.3 Å². The zero-order chi connectivity index (χ0) is 13.4. The molecule has 96 valence electrons. The second-order valence-electron chi connectivity index (χ2n) is 4.33. The highest BCUT2D eigenvalue weighted by molar-refractivity contribution is 7.71. The summed E-state index contributed by atoms with van der Waals surface area (Å²) in [6.45, 7) is 2.49. The lowest BCUT2D eigenvalue weighted by molar-refractivity contribution is 0.776. The van der Waals surface area contributed by atoms with E-state index < -0.39 is 0 Å². The van der Waals surface area contributed by atoms with Crippen molar-refractivity contribution in [1.82, 2.24) is 19.5 Å². The fraction of sp³-hybridized carbons (Fsp3) is 0.154. The summed E-state index contributed by atoms with van der Waals surface area (Å²) in [5.41, 5.74) is 3.70. The van der Waals surface area contributed by atoms with Crippen LogP contribution in [-0.4, -0.2) is 19.5 Å². The van der Waals surface area contributed by atoms with Gasteiger partial charge in [0.25, 0.3) is 0 Å². The maximum atomic E-state index is 6.03. The Bertz CT molecular complexity index is 789. The van der Waals surface area contributed by atoms with Gasteiger partial charge >= 0.3 is 0 Å². The summed E-state index contributed by atoms with van der Waals surface area (Å²) in [6, 6.07) is 5.65. The largest absolute Gasteiger partial charge is 0.331 e. The monoisotopic (exact) mass is 290 g/mol. The molecule has 3 rings (SSSR count). The van der Waals surface area contributed by atoms with E-state index in [4.69, 9.17) is 23.8 Å². The van der Waals surface area contributed by atoms with E-state index in [2.05, 4.69) is 15.0 Å². The normalized spacial score (nSPS) is 11.1. The van der Waals surface area contributed by atoms with Crippen molar-refractivity contribution in [2.45, 2.75) is 13.5 Å². The minimum atomic E-state index is 0.576. The van der Waals surface area contributed by atoms with Gasteiger partial charge in [0.05, 0.1) is 35.2 Å². The molecule has 0 aliphatic rings. The van der Waals surface area contributed by atoms with Crippen LogP contribution in [0, 0.1) is 11.7 Å². The summed E-state index contributed by atoms with van der Waals surface area (Å²) < 4.78 is 2.62. The molecule has 0 bridgehead atoms. The van der Waals surface area contributed by atoms with Gasteiger partial charge < -0.3 is 9.55 Å². The first-order chi connectivity index (χ1) is 9.13. The minimum absolute atomic E-state index is 0.576. The van der Waals surface area contributed by atoms with E-state index in [1.54, 1.807) is 12.4 Å². The number of aromatic amines is 1. The van der Waals surface area contributed by atoms with Gasteiger partial charge in [0.15, 0.2) is 4.77 Å². The summed E-state index contributed by atoms with van der Waals surface area (Å²) in [7, 11) is 0. The highest BCUT2D eigenvalue weighted by Crippen LogP contribution is 2.20. The van der Waals surface area contributed by atoms with Gasteiger partial charge in [-0.15, -0.1) is 0 Å². The molecule has 0 saturated heterocycles. The summed E-state index contributed by atoms with van der Waals surface area (Å²) in [5.74, 6) is 0. The third kappa shape index (κ3) is 2.39.